The summed E-state index contributed by atoms with van der Waals surface area (Å²) in [6.45, 7) is 0.308. The zero-order valence-electron chi connectivity index (χ0n) is 7.04. The molecule has 6 nitrogen and oxygen atoms in total. The molecule has 0 radical (unpaired) electrons. The first-order valence-electron chi connectivity index (χ1n) is 3.75. The first-order valence-corrected chi connectivity index (χ1v) is 5.30. The number of aliphatic imine (C=N–C) groups is 1. The smallest absolute Gasteiger partial charge is 0.239 e. The molecule has 0 saturated carbocycles. The molecule has 74 valence electrons. The maximum absolute atomic E-state index is 11.0. The molecule has 0 aromatic carbocycles. The Labute approximate surface area is 80.5 Å². The van der Waals surface area contributed by atoms with Crippen molar-refractivity contribution in [3.63, 3.8) is 0 Å². The zero-order valence-corrected chi connectivity index (χ0v) is 7.86. The molecule has 0 unspecified atom stereocenters. The molecule has 7 heteroatoms. The first-order chi connectivity index (χ1) is 6.57. The minimum absolute atomic E-state index is 0.0756. The minimum Gasteiger partial charge on any atom is -0.484 e. The molecule has 2 rings (SSSR count). The van der Waals surface area contributed by atoms with Crippen molar-refractivity contribution in [2.45, 2.75) is 4.90 Å². The summed E-state index contributed by atoms with van der Waals surface area (Å²) in [5.74, 6) is 0.697. The molecule has 0 saturated heterocycles. The van der Waals surface area contributed by atoms with Gasteiger partial charge in [0.25, 0.3) is 0 Å². The maximum Gasteiger partial charge on any atom is 0.239 e. The largest absolute Gasteiger partial charge is 0.484 e. The van der Waals surface area contributed by atoms with Crippen LogP contribution < -0.4 is 9.88 Å². The van der Waals surface area contributed by atoms with Gasteiger partial charge in [-0.3, -0.25) is 0 Å². The lowest BCUT2D eigenvalue weighted by molar-refractivity contribution is 0.373. The van der Waals surface area contributed by atoms with Crippen molar-refractivity contribution >= 4 is 22.1 Å². The van der Waals surface area contributed by atoms with Gasteiger partial charge in [-0.25, -0.2) is 23.5 Å². The molecule has 1 aliphatic heterocycles. The number of fused-ring (bicyclic) bond motifs is 1. The number of pyridine rings is 1. The van der Waals surface area contributed by atoms with Gasteiger partial charge in [0, 0.05) is 18.5 Å². The number of nitrogens with two attached hydrogens (primary N) is 1. The molecular weight excluding hydrogens is 206 g/mol. The van der Waals surface area contributed by atoms with Gasteiger partial charge in [0.2, 0.25) is 10.0 Å². The second-order valence-electron chi connectivity index (χ2n) is 2.66. The molecule has 0 amide bonds. The predicted octanol–water partition coefficient (Wildman–Crippen LogP) is -0.176. The van der Waals surface area contributed by atoms with Crippen molar-refractivity contribution in [1.82, 2.24) is 4.98 Å². The minimum atomic E-state index is -3.73. The van der Waals surface area contributed by atoms with Crippen LogP contribution >= 0.6 is 0 Å². The molecule has 0 atom stereocenters. The van der Waals surface area contributed by atoms with E-state index in [1.54, 1.807) is 6.21 Å². The summed E-state index contributed by atoms with van der Waals surface area (Å²) in [5.41, 5.74) is 0. The second kappa shape index (κ2) is 3.03. The highest BCUT2D eigenvalue weighted by Gasteiger charge is 2.14. The second-order valence-corrected chi connectivity index (χ2v) is 4.22. The molecule has 1 aromatic heterocycles. The van der Waals surface area contributed by atoms with Gasteiger partial charge in [-0.2, -0.15) is 0 Å². The number of sulfonamides is 1. The number of hydrogen-bond donors (Lipinski definition) is 1. The maximum atomic E-state index is 11.0. The van der Waals surface area contributed by atoms with Crippen molar-refractivity contribution < 1.29 is 13.2 Å². The van der Waals surface area contributed by atoms with E-state index in [4.69, 9.17) is 9.88 Å². The fourth-order valence-electron chi connectivity index (χ4n) is 1.03. The highest BCUT2D eigenvalue weighted by Crippen LogP contribution is 2.28. The molecule has 0 aliphatic carbocycles. The molecule has 0 spiro atoms. The van der Waals surface area contributed by atoms with Crippen LogP contribution in [0.2, 0.25) is 0 Å². The van der Waals surface area contributed by atoms with Crippen LogP contribution in [0.5, 0.6) is 5.75 Å². The van der Waals surface area contributed by atoms with Crippen LogP contribution in [0.4, 0.5) is 5.82 Å². The van der Waals surface area contributed by atoms with Crippen molar-refractivity contribution in [2.24, 2.45) is 10.1 Å². The summed E-state index contributed by atoms with van der Waals surface area (Å²) >= 11 is 0. The fourth-order valence-corrected chi connectivity index (χ4v) is 1.50. The van der Waals surface area contributed by atoms with Gasteiger partial charge in [0.1, 0.15) is 11.5 Å². The highest BCUT2D eigenvalue weighted by atomic mass is 32.2. The van der Waals surface area contributed by atoms with Gasteiger partial charge in [-0.05, 0) is 0 Å². The summed E-state index contributed by atoms with van der Waals surface area (Å²) in [4.78, 5) is 7.65. The van der Waals surface area contributed by atoms with E-state index in [0.29, 0.717) is 18.2 Å². The van der Waals surface area contributed by atoms with E-state index in [2.05, 4.69) is 9.98 Å². The number of ether oxygens (including phenoxy) is 1. The van der Waals surface area contributed by atoms with Crippen molar-refractivity contribution in [3.05, 3.63) is 12.3 Å². The number of hydrogen-bond acceptors (Lipinski definition) is 5. The van der Waals surface area contributed by atoms with Crippen molar-refractivity contribution in [1.29, 1.82) is 0 Å². The van der Waals surface area contributed by atoms with E-state index in [1.807, 2.05) is 0 Å². The zero-order chi connectivity index (χ0) is 10.2. The Morgan fingerprint density at radius 3 is 3.00 bits per heavy atom. The number of nitrogens with zero attached hydrogens (tertiary/aromatic N) is 2. The summed E-state index contributed by atoms with van der Waals surface area (Å²) in [6.07, 6.45) is 2.70. The lowest BCUT2D eigenvalue weighted by Gasteiger charge is -2.10. The molecule has 0 fully saturated rings. The quantitative estimate of drug-likeness (QED) is 0.700. The van der Waals surface area contributed by atoms with Crippen LogP contribution in [-0.2, 0) is 10.0 Å². The highest BCUT2D eigenvalue weighted by molar-refractivity contribution is 7.89. The van der Waals surface area contributed by atoms with Crippen LogP contribution in [0.3, 0.4) is 0 Å². The number of primary sulfonamides is 1. The third kappa shape index (κ3) is 1.59. The van der Waals surface area contributed by atoms with Gasteiger partial charge >= 0.3 is 0 Å². The Bertz CT molecular complexity index is 495. The lowest BCUT2D eigenvalue weighted by atomic mass is 10.4. The monoisotopic (exact) mass is 213 g/mol. The van der Waals surface area contributed by atoms with Crippen LogP contribution in [0, 0.1) is 0 Å². The van der Waals surface area contributed by atoms with Crippen LogP contribution in [-0.4, -0.2) is 26.2 Å². The van der Waals surface area contributed by atoms with E-state index < -0.39 is 10.0 Å². The Morgan fingerprint density at radius 1 is 1.50 bits per heavy atom. The average Bonchev–Trinajstić information content (AvgIpc) is 2.16. The number of aromatic nitrogens is 1. The average molecular weight is 213 g/mol. The predicted molar refractivity (Wildman–Crippen MR) is 49.3 cm³/mol. The van der Waals surface area contributed by atoms with Crippen molar-refractivity contribution in [3.8, 4) is 5.75 Å². The van der Waals surface area contributed by atoms with E-state index in [9.17, 15) is 8.42 Å². The van der Waals surface area contributed by atoms with Crippen LogP contribution in [0.25, 0.3) is 0 Å². The standard InChI is InChI=1S/C7H7N3O3S/c8-14(11,12)5-3-6-7(10-4-5)9-1-2-13-6/h1,3-4H,2H2,(H2,8,11,12). The summed E-state index contributed by atoms with van der Waals surface area (Å²) in [7, 11) is -3.73. The van der Waals surface area contributed by atoms with Gasteiger partial charge in [0.15, 0.2) is 11.6 Å². The third-order valence-electron chi connectivity index (χ3n) is 1.66. The van der Waals surface area contributed by atoms with E-state index in [-0.39, 0.29) is 4.90 Å². The first kappa shape index (κ1) is 9.10. The molecule has 2 N–H and O–H groups in total. The Balaban J connectivity index is 2.55. The topological polar surface area (TPSA) is 94.6 Å². The van der Waals surface area contributed by atoms with E-state index in [1.165, 1.54) is 6.07 Å². The Kier molecular flexibility index (Phi) is 1.97. The Hall–Kier alpha value is -1.47. The Morgan fingerprint density at radius 2 is 2.29 bits per heavy atom. The van der Waals surface area contributed by atoms with Crippen LogP contribution in [0.1, 0.15) is 0 Å². The molecule has 2 heterocycles. The normalized spacial score (nSPS) is 14.6. The molecule has 1 aromatic rings. The van der Waals surface area contributed by atoms with Gasteiger partial charge in [-0.15, -0.1) is 0 Å². The van der Waals surface area contributed by atoms with Gasteiger partial charge < -0.3 is 4.74 Å². The van der Waals surface area contributed by atoms with Crippen molar-refractivity contribution in [2.75, 3.05) is 6.61 Å². The number of rotatable bonds is 1. The summed E-state index contributed by atoms with van der Waals surface area (Å²) in [5, 5.41) is 4.93. The van der Waals surface area contributed by atoms with E-state index in [0.717, 1.165) is 6.20 Å². The summed E-state index contributed by atoms with van der Waals surface area (Å²) < 4.78 is 27.1. The van der Waals surface area contributed by atoms with Gasteiger partial charge in [-0.1, -0.05) is 0 Å². The van der Waals surface area contributed by atoms with E-state index >= 15 is 0 Å². The molecule has 14 heavy (non-hydrogen) atoms. The van der Waals surface area contributed by atoms with Crippen LogP contribution in [0.15, 0.2) is 22.2 Å². The molecular formula is C7H7N3O3S. The SMILES string of the molecule is NS(=O)(=O)c1cnc2c(c1)OCC=N2. The third-order valence-corrected chi connectivity index (χ3v) is 2.54. The lowest BCUT2D eigenvalue weighted by Crippen LogP contribution is -2.13. The van der Waals surface area contributed by atoms with Gasteiger partial charge in [0.05, 0.1) is 0 Å². The summed E-state index contributed by atoms with van der Waals surface area (Å²) in [6, 6.07) is 1.31. The fraction of sp³-hybridized carbons (Fsp3) is 0.143. The molecule has 1 aliphatic rings. The molecule has 0 bridgehead atoms.